The van der Waals surface area contributed by atoms with E-state index in [1.807, 2.05) is 59.5 Å². The zero-order valence-electron chi connectivity index (χ0n) is 27.3. The van der Waals surface area contributed by atoms with Crippen LogP contribution in [-0.2, 0) is 19.9 Å². The van der Waals surface area contributed by atoms with E-state index in [2.05, 4.69) is 22.4 Å². The van der Waals surface area contributed by atoms with Crippen LogP contribution in [0.5, 0.6) is 11.5 Å². The van der Waals surface area contributed by atoms with Crippen molar-refractivity contribution in [3.63, 3.8) is 0 Å². The first-order valence-electron chi connectivity index (χ1n) is 16.3. The number of ether oxygens (including phenoxy) is 2. The summed E-state index contributed by atoms with van der Waals surface area (Å²) in [5.41, 5.74) is 4.44. The zero-order valence-corrected chi connectivity index (χ0v) is 27.3. The third-order valence-electron chi connectivity index (χ3n) is 9.50. The maximum Gasteiger partial charge on any atom is 0.274 e. The van der Waals surface area contributed by atoms with Crippen molar-refractivity contribution in [1.29, 1.82) is 0 Å². The van der Waals surface area contributed by atoms with Crippen molar-refractivity contribution in [3.8, 4) is 11.5 Å². The number of amides is 1. The predicted octanol–water partition coefficient (Wildman–Crippen LogP) is 3.07. The number of likely N-dealkylation sites (tertiary alicyclic amines) is 1. The monoisotopic (exact) mass is 634 g/mol. The Kier molecular flexibility index (Phi) is 9.73. The van der Waals surface area contributed by atoms with Gasteiger partial charge in [-0.3, -0.25) is 14.4 Å². The summed E-state index contributed by atoms with van der Waals surface area (Å²) in [7, 11) is 4.95. The topological polar surface area (TPSA) is 106 Å². The van der Waals surface area contributed by atoms with E-state index in [0.29, 0.717) is 23.3 Å². The predicted molar refractivity (Wildman–Crippen MR) is 183 cm³/mol. The minimum absolute atomic E-state index is 0.0420. The normalized spacial score (nSPS) is 17.4. The van der Waals surface area contributed by atoms with Crippen molar-refractivity contribution in [3.05, 3.63) is 126 Å². The van der Waals surface area contributed by atoms with Gasteiger partial charge in [-0.1, -0.05) is 48.5 Å². The number of hydrogen-bond acceptors (Lipinski definition) is 6. The van der Waals surface area contributed by atoms with Gasteiger partial charge >= 0.3 is 0 Å². The standard InChI is InChI=1S/C38H42N4O5/c1-41-33(22-26-7-5-4-6-8-26)36(43)40-31(38(41)45)14-11-25-9-12-28(13-10-25)37(44)42-19-16-27(17-20-42)21-32-30-24-35(47-3)34(46-2)23-29(30)15-18-39-32/h4-10,12-14,22-24,27,32,39H,11,15-21H2,1-3H3,(H,40,43). The summed E-state index contributed by atoms with van der Waals surface area (Å²) in [4.78, 5) is 43.8. The molecule has 6 rings (SSSR count). The van der Waals surface area contributed by atoms with Crippen molar-refractivity contribution in [2.24, 2.45) is 13.0 Å². The van der Waals surface area contributed by atoms with E-state index in [9.17, 15) is 14.4 Å². The SMILES string of the molecule is COc1cc2c(cc1OC)C(CC1CCN(C(=O)c3ccc(CC=c4[nH]c(=O)c(=Cc5ccccc5)n(C)c4=O)cc3)CC1)NCC2. The van der Waals surface area contributed by atoms with Gasteiger partial charge in [0.15, 0.2) is 11.5 Å². The lowest BCUT2D eigenvalue weighted by Crippen LogP contribution is -2.52. The molecule has 2 aliphatic heterocycles. The molecular weight excluding hydrogens is 592 g/mol. The number of aromatic nitrogens is 2. The molecule has 2 N–H and O–H groups in total. The Morgan fingerprint density at radius 3 is 2.36 bits per heavy atom. The Bertz CT molecular complexity index is 1970. The van der Waals surface area contributed by atoms with Crippen molar-refractivity contribution < 1.29 is 14.3 Å². The van der Waals surface area contributed by atoms with E-state index in [4.69, 9.17) is 9.47 Å². The third kappa shape index (κ3) is 7.10. The average Bonchev–Trinajstić information content (AvgIpc) is 3.11. The zero-order chi connectivity index (χ0) is 32.9. The van der Waals surface area contributed by atoms with E-state index >= 15 is 0 Å². The number of H-pyrrole nitrogens is 1. The van der Waals surface area contributed by atoms with Crippen molar-refractivity contribution in [2.45, 2.75) is 38.1 Å². The van der Waals surface area contributed by atoms with E-state index < -0.39 is 0 Å². The number of aromatic amines is 1. The first-order chi connectivity index (χ1) is 22.8. The minimum Gasteiger partial charge on any atom is -0.493 e. The van der Waals surface area contributed by atoms with Gasteiger partial charge < -0.3 is 29.2 Å². The molecule has 244 valence electrons. The number of nitrogens with one attached hydrogen (secondary N) is 2. The summed E-state index contributed by atoms with van der Waals surface area (Å²) in [5, 5.41) is 4.24. The Hall–Kier alpha value is -4.89. The smallest absolute Gasteiger partial charge is 0.274 e. The molecule has 1 unspecified atom stereocenters. The van der Waals surface area contributed by atoms with Crippen LogP contribution in [0.4, 0.5) is 0 Å². The molecule has 2 aliphatic rings. The molecule has 0 bridgehead atoms. The highest BCUT2D eigenvalue weighted by Crippen LogP contribution is 2.38. The number of hydrogen-bond donors (Lipinski definition) is 2. The number of carbonyl (C=O) groups is 1. The molecule has 3 heterocycles. The number of carbonyl (C=O) groups excluding carboxylic acids is 1. The molecule has 3 aromatic carbocycles. The average molecular weight is 635 g/mol. The van der Waals surface area contributed by atoms with E-state index in [1.54, 1.807) is 33.4 Å². The lowest BCUT2D eigenvalue weighted by Gasteiger charge is -2.36. The molecule has 47 heavy (non-hydrogen) atoms. The molecule has 0 spiro atoms. The first kappa shape index (κ1) is 32.1. The second kappa shape index (κ2) is 14.3. The number of rotatable bonds is 8. The fourth-order valence-corrected chi connectivity index (χ4v) is 6.76. The summed E-state index contributed by atoms with van der Waals surface area (Å²) >= 11 is 0. The molecule has 1 atom stereocenters. The second-order valence-electron chi connectivity index (χ2n) is 12.4. The highest BCUT2D eigenvalue weighted by Gasteiger charge is 2.29. The summed E-state index contributed by atoms with van der Waals surface area (Å²) in [6, 6.07) is 21.4. The Labute approximate surface area is 274 Å². The number of methoxy groups -OCH3 is 2. The summed E-state index contributed by atoms with van der Waals surface area (Å²) in [6.45, 7) is 2.41. The van der Waals surface area contributed by atoms with Crippen LogP contribution < -0.4 is 36.6 Å². The van der Waals surface area contributed by atoms with Gasteiger partial charge in [-0.2, -0.15) is 0 Å². The lowest BCUT2D eigenvalue weighted by molar-refractivity contribution is 0.0681. The van der Waals surface area contributed by atoms with Crippen molar-refractivity contribution >= 4 is 18.1 Å². The van der Waals surface area contributed by atoms with Crippen molar-refractivity contribution in [1.82, 2.24) is 19.8 Å². The van der Waals surface area contributed by atoms with Crippen LogP contribution in [0.25, 0.3) is 12.2 Å². The molecule has 0 radical (unpaired) electrons. The molecule has 9 nitrogen and oxygen atoms in total. The van der Waals surface area contributed by atoms with E-state index in [1.165, 1.54) is 15.7 Å². The van der Waals surface area contributed by atoms with Crippen LogP contribution >= 0.6 is 0 Å². The van der Waals surface area contributed by atoms with Gasteiger partial charge in [0.05, 0.1) is 14.2 Å². The molecule has 1 amide bonds. The fraction of sp³-hybridized carbons (Fsp3) is 0.342. The second-order valence-corrected chi connectivity index (χ2v) is 12.4. The molecular formula is C38H42N4O5. The number of fused-ring (bicyclic) bond motifs is 1. The van der Waals surface area contributed by atoms with Gasteiger partial charge in [-0.05, 0) is 97.2 Å². The van der Waals surface area contributed by atoms with Crippen LogP contribution in [0, 0.1) is 5.92 Å². The highest BCUT2D eigenvalue weighted by molar-refractivity contribution is 5.94. The van der Waals surface area contributed by atoms with Gasteiger partial charge in [0, 0.05) is 31.7 Å². The van der Waals surface area contributed by atoms with Gasteiger partial charge in [0.2, 0.25) is 0 Å². The molecule has 1 saturated heterocycles. The largest absolute Gasteiger partial charge is 0.493 e. The molecule has 0 aliphatic carbocycles. The van der Waals surface area contributed by atoms with Crippen LogP contribution in [0.3, 0.4) is 0 Å². The van der Waals surface area contributed by atoms with E-state index in [0.717, 1.165) is 67.9 Å². The Morgan fingerprint density at radius 1 is 0.957 bits per heavy atom. The van der Waals surface area contributed by atoms with Crippen LogP contribution in [0.1, 0.15) is 57.9 Å². The molecule has 4 aromatic rings. The maximum atomic E-state index is 13.4. The molecule has 1 aromatic heterocycles. The molecule has 1 fully saturated rings. The Morgan fingerprint density at radius 2 is 1.66 bits per heavy atom. The van der Waals surface area contributed by atoms with Crippen molar-refractivity contribution in [2.75, 3.05) is 33.9 Å². The van der Waals surface area contributed by atoms with Crippen LogP contribution in [0.15, 0.2) is 76.3 Å². The number of benzene rings is 3. The highest BCUT2D eigenvalue weighted by atomic mass is 16.5. The summed E-state index contributed by atoms with van der Waals surface area (Å²) in [6.07, 6.45) is 7.80. The first-order valence-corrected chi connectivity index (χ1v) is 16.3. The number of piperidine rings is 1. The fourth-order valence-electron chi connectivity index (χ4n) is 6.76. The summed E-state index contributed by atoms with van der Waals surface area (Å²) in [5.74, 6) is 2.10. The van der Waals surface area contributed by atoms with Gasteiger partial charge in [-0.15, -0.1) is 0 Å². The third-order valence-corrected chi connectivity index (χ3v) is 9.50. The van der Waals surface area contributed by atoms with Gasteiger partial charge in [0.1, 0.15) is 10.7 Å². The van der Waals surface area contributed by atoms with Crippen LogP contribution in [-0.4, -0.2) is 54.2 Å². The summed E-state index contributed by atoms with van der Waals surface area (Å²) < 4.78 is 12.5. The Balaban J connectivity index is 1.06. The quantitative estimate of drug-likeness (QED) is 0.309. The number of nitrogens with zero attached hydrogens (tertiary/aromatic N) is 2. The van der Waals surface area contributed by atoms with Gasteiger partial charge in [-0.25, -0.2) is 0 Å². The molecule has 0 saturated carbocycles. The maximum absolute atomic E-state index is 13.4. The molecule has 9 heteroatoms. The van der Waals surface area contributed by atoms with E-state index in [-0.39, 0.29) is 28.4 Å². The van der Waals surface area contributed by atoms with Crippen LogP contribution in [0.2, 0.25) is 0 Å². The lowest BCUT2D eigenvalue weighted by atomic mass is 9.84. The minimum atomic E-state index is -0.326. The van der Waals surface area contributed by atoms with Gasteiger partial charge in [0.25, 0.3) is 17.0 Å².